The lowest BCUT2D eigenvalue weighted by atomic mass is 10.2. The Bertz CT molecular complexity index is 823. The van der Waals surface area contributed by atoms with E-state index in [0.29, 0.717) is 5.56 Å². The largest absolute Gasteiger partial charge is 0.462 e. The molecule has 0 spiro atoms. The van der Waals surface area contributed by atoms with Crippen molar-refractivity contribution < 1.29 is 23.1 Å². The highest BCUT2D eigenvalue weighted by atomic mass is 32.1. The molecule has 2 aromatic rings. The van der Waals surface area contributed by atoms with E-state index >= 15 is 0 Å². The van der Waals surface area contributed by atoms with Gasteiger partial charge >= 0.3 is 12.5 Å². The van der Waals surface area contributed by atoms with Crippen LogP contribution < -0.4 is 5.32 Å². The van der Waals surface area contributed by atoms with Crippen molar-refractivity contribution in [1.82, 2.24) is 9.78 Å². The Labute approximate surface area is 139 Å². The number of thiophene rings is 1. The van der Waals surface area contributed by atoms with Crippen molar-refractivity contribution >= 4 is 28.2 Å². The number of hydrogen-bond acceptors (Lipinski definition) is 6. The van der Waals surface area contributed by atoms with Gasteiger partial charge in [-0.05, 0) is 25.5 Å². The van der Waals surface area contributed by atoms with Crippen molar-refractivity contribution in [2.75, 3.05) is 11.9 Å². The Morgan fingerprint density at radius 3 is 2.83 bits per heavy atom. The lowest BCUT2D eigenvalue weighted by Crippen LogP contribution is -2.18. The molecule has 0 saturated heterocycles. The minimum atomic E-state index is -2.98. The first-order chi connectivity index (χ1) is 11.4. The van der Waals surface area contributed by atoms with E-state index in [1.807, 2.05) is 6.07 Å². The average Bonchev–Trinajstić information content (AvgIpc) is 3.12. The van der Waals surface area contributed by atoms with Crippen LogP contribution in [0.4, 0.5) is 13.8 Å². The van der Waals surface area contributed by atoms with Gasteiger partial charge in [0.25, 0.3) is 5.91 Å². The first-order valence-corrected chi connectivity index (χ1v) is 7.55. The maximum absolute atomic E-state index is 12.8. The molecule has 10 heteroatoms. The molecule has 0 atom stereocenters. The number of nitrogens with one attached hydrogen (secondary N) is 1. The Balaban J connectivity index is 2.34. The highest BCUT2D eigenvalue weighted by Gasteiger charge is 2.24. The second-order valence-corrected chi connectivity index (χ2v) is 5.51. The molecule has 1 amide bonds. The normalized spacial score (nSPS) is 10.5. The summed E-state index contributed by atoms with van der Waals surface area (Å²) in [6.45, 7) is 0.366. The highest BCUT2D eigenvalue weighted by Crippen LogP contribution is 2.33. The third-order valence-electron chi connectivity index (χ3n) is 3.03. The summed E-state index contributed by atoms with van der Waals surface area (Å²) in [6, 6.07) is 3.01. The Kier molecular flexibility index (Phi) is 5.25. The number of rotatable bonds is 5. The van der Waals surface area contributed by atoms with Gasteiger partial charge in [0.05, 0.1) is 12.2 Å². The molecular formula is C14H12F2N4O3S. The molecule has 126 valence electrons. The zero-order chi connectivity index (χ0) is 17.9. The summed E-state index contributed by atoms with van der Waals surface area (Å²) in [5, 5.41) is 15.1. The summed E-state index contributed by atoms with van der Waals surface area (Å²) in [5.41, 5.74) is 0.0794. The number of carbonyl (C=O) groups is 2. The summed E-state index contributed by atoms with van der Waals surface area (Å²) in [5.74, 6) is -1.48. The van der Waals surface area contributed by atoms with E-state index < -0.39 is 18.4 Å². The molecule has 0 aromatic carbocycles. The molecule has 0 unspecified atom stereocenters. The van der Waals surface area contributed by atoms with Crippen LogP contribution in [-0.2, 0) is 4.74 Å². The Morgan fingerprint density at radius 1 is 1.54 bits per heavy atom. The fraction of sp³-hybridized carbons (Fsp3) is 0.286. The van der Waals surface area contributed by atoms with E-state index in [9.17, 15) is 23.6 Å². The predicted octanol–water partition coefficient (Wildman–Crippen LogP) is 2.95. The van der Waals surface area contributed by atoms with E-state index in [1.165, 1.54) is 0 Å². The second-order valence-electron chi connectivity index (χ2n) is 4.49. The van der Waals surface area contributed by atoms with E-state index in [0.717, 1.165) is 23.6 Å². The van der Waals surface area contributed by atoms with Crippen LogP contribution >= 0.6 is 11.3 Å². The van der Waals surface area contributed by atoms with Crippen LogP contribution in [0.5, 0.6) is 0 Å². The van der Waals surface area contributed by atoms with Crippen molar-refractivity contribution in [2.24, 2.45) is 0 Å². The average molecular weight is 354 g/mol. The van der Waals surface area contributed by atoms with E-state index in [4.69, 9.17) is 4.74 Å². The number of nitriles is 1. The fourth-order valence-electron chi connectivity index (χ4n) is 1.94. The molecule has 24 heavy (non-hydrogen) atoms. The van der Waals surface area contributed by atoms with Crippen molar-refractivity contribution in [3.8, 4) is 6.07 Å². The standard InChI is InChI=1S/C14H12F2N4O3S/c1-3-23-13(22)10-7(2)8(6-17)12(24-10)19-11(21)9-4-5-18-20(9)14(15)16/h4-5,14H,3H2,1-2H3,(H,19,21). The summed E-state index contributed by atoms with van der Waals surface area (Å²) in [4.78, 5) is 24.2. The number of aromatic nitrogens is 2. The number of nitrogens with zero attached hydrogens (tertiary/aromatic N) is 3. The number of ether oxygens (including phenoxy) is 1. The SMILES string of the molecule is CCOC(=O)c1sc(NC(=O)c2ccnn2C(F)F)c(C#N)c1C. The number of esters is 1. The number of anilines is 1. The third kappa shape index (κ3) is 3.26. The van der Waals surface area contributed by atoms with Gasteiger partial charge in [-0.3, -0.25) is 4.79 Å². The minimum absolute atomic E-state index is 0.0829. The molecule has 0 aliphatic heterocycles. The van der Waals surface area contributed by atoms with Gasteiger partial charge in [0.1, 0.15) is 21.6 Å². The van der Waals surface area contributed by atoms with Gasteiger partial charge in [0.2, 0.25) is 0 Å². The van der Waals surface area contributed by atoms with Crippen LogP contribution in [0, 0.1) is 18.3 Å². The lowest BCUT2D eigenvalue weighted by molar-refractivity contribution is 0.0519. The molecule has 0 bridgehead atoms. The first-order valence-electron chi connectivity index (χ1n) is 6.74. The summed E-state index contributed by atoms with van der Waals surface area (Å²) < 4.78 is 30.7. The maximum atomic E-state index is 12.8. The zero-order valence-electron chi connectivity index (χ0n) is 12.7. The van der Waals surface area contributed by atoms with Crippen LogP contribution in [0.2, 0.25) is 0 Å². The number of amides is 1. The third-order valence-corrected chi connectivity index (χ3v) is 4.22. The van der Waals surface area contributed by atoms with Gasteiger partial charge in [0.15, 0.2) is 0 Å². The molecule has 2 rings (SSSR count). The molecule has 2 aromatic heterocycles. The van der Waals surface area contributed by atoms with Gasteiger partial charge in [-0.25, -0.2) is 4.79 Å². The van der Waals surface area contributed by atoms with Crippen molar-refractivity contribution in [3.63, 3.8) is 0 Å². The molecule has 0 aliphatic carbocycles. The fourth-order valence-corrected chi connectivity index (χ4v) is 2.99. The molecule has 0 saturated carbocycles. The summed E-state index contributed by atoms with van der Waals surface area (Å²) >= 11 is 0.852. The van der Waals surface area contributed by atoms with Gasteiger partial charge in [0, 0.05) is 6.20 Å². The number of hydrogen-bond donors (Lipinski definition) is 1. The Hall–Kier alpha value is -2.80. The van der Waals surface area contributed by atoms with Crippen LogP contribution in [0.3, 0.4) is 0 Å². The quantitative estimate of drug-likeness (QED) is 0.833. The lowest BCUT2D eigenvalue weighted by Gasteiger charge is -2.06. The van der Waals surface area contributed by atoms with Crippen LogP contribution in [-0.4, -0.2) is 28.3 Å². The summed E-state index contributed by atoms with van der Waals surface area (Å²) in [6.07, 6.45) is 1.07. The molecule has 0 fully saturated rings. The van der Waals surface area contributed by atoms with Gasteiger partial charge in [-0.2, -0.15) is 23.8 Å². The number of carbonyl (C=O) groups excluding carboxylic acids is 2. The Morgan fingerprint density at radius 2 is 2.25 bits per heavy atom. The molecule has 0 radical (unpaired) electrons. The molecule has 2 heterocycles. The molecular weight excluding hydrogens is 342 g/mol. The van der Waals surface area contributed by atoms with Gasteiger partial charge in [-0.1, -0.05) is 0 Å². The maximum Gasteiger partial charge on any atom is 0.348 e. The van der Waals surface area contributed by atoms with Gasteiger partial charge in [-0.15, -0.1) is 11.3 Å². The van der Waals surface area contributed by atoms with E-state index in [1.54, 1.807) is 13.8 Å². The minimum Gasteiger partial charge on any atom is -0.462 e. The van der Waals surface area contributed by atoms with Crippen molar-refractivity contribution in [3.05, 3.63) is 34.0 Å². The topological polar surface area (TPSA) is 97.0 Å². The second kappa shape index (κ2) is 7.18. The van der Waals surface area contributed by atoms with Crippen molar-refractivity contribution in [2.45, 2.75) is 20.4 Å². The van der Waals surface area contributed by atoms with Gasteiger partial charge < -0.3 is 10.1 Å². The van der Waals surface area contributed by atoms with Crippen LogP contribution in [0.15, 0.2) is 12.3 Å². The van der Waals surface area contributed by atoms with Crippen molar-refractivity contribution in [1.29, 1.82) is 5.26 Å². The highest BCUT2D eigenvalue weighted by molar-refractivity contribution is 7.18. The van der Waals surface area contributed by atoms with E-state index in [2.05, 4.69) is 10.4 Å². The summed E-state index contributed by atoms with van der Waals surface area (Å²) in [7, 11) is 0. The smallest absolute Gasteiger partial charge is 0.348 e. The molecule has 0 aliphatic rings. The first kappa shape index (κ1) is 17.6. The number of halogens is 2. The molecule has 1 N–H and O–H groups in total. The zero-order valence-corrected chi connectivity index (χ0v) is 13.5. The van der Waals surface area contributed by atoms with E-state index in [-0.39, 0.29) is 32.4 Å². The van der Waals surface area contributed by atoms with Crippen LogP contribution in [0.1, 0.15) is 44.8 Å². The van der Waals surface area contributed by atoms with Crippen LogP contribution in [0.25, 0.3) is 0 Å². The molecule has 7 nitrogen and oxygen atoms in total. The predicted molar refractivity (Wildman–Crippen MR) is 81.2 cm³/mol. The monoisotopic (exact) mass is 354 g/mol. The number of alkyl halides is 2.